The van der Waals surface area contributed by atoms with Crippen molar-refractivity contribution < 1.29 is 0 Å². The maximum absolute atomic E-state index is 2.79. The Morgan fingerprint density at radius 3 is 1.53 bits per heavy atom. The molecule has 442 valence electrons. The fraction of sp³-hybridized carbons (Fsp3) is 0.341. The van der Waals surface area contributed by atoms with Crippen LogP contribution in [0.15, 0.2) is 176 Å². The molecule has 3 heterocycles. The topological polar surface area (TPSA) is 9.72 Å². The zero-order valence-corrected chi connectivity index (χ0v) is 56.3. The molecule has 1 aromatic heterocycles. The van der Waals surface area contributed by atoms with E-state index in [-0.39, 0.29) is 44.8 Å². The second kappa shape index (κ2) is 20.1. The van der Waals surface area contributed by atoms with Gasteiger partial charge < -0.3 is 14.6 Å². The van der Waals surface area contributed by atoms with E-state index in [4.69, 9.17) is 0 Å². The minimum atomic E-state index is -0.234. The van der Waals surface area contributed by atoms with Crippen molar-refractivity contribution in [3.8, 4) is 22.3 Å². The normalized spacial score (nSPS) is 15.6. The average molecular weight is 1160 g/mol. The molecule has 10 aromatic rings. The van der Waals surface area contributed by atoms with Gasteiger partial charge in [-0.15, -0.1) is 11.3 Å². The van der Waals surface area contributed by atoms with Gasteiger partial charge in [0.1, 0.15) is 0 Å². The number of anilines is 8. The van der Waals surface area contributed by atoms with E-state index in [0.717, 1.165) is 17.1 Å². The minimum Gasteiger partial charge on any atom is -0.375 e. The van der Waals surface area contributed by atoms with Crippen molar-refractivity contribution in [2.75, 3.05) is 14.6 Å². The van der Waals surface area contributed by atoms with Crippen LogP contribution in [0.3, 0.4) is 0 Å². The summed E-state index contributed by atoms with van der Waals surface area (Å²) in [7, 11) is 0. The van der Waals surface area contributed by atoms with E-state index >= 15 is 0 Å². The van der Waals surface area contributed by atoms with Gasteiger partial charge in [0.05, 0.1) is 16.1 Å². The average Bonchev–Trinajstić information content (AvgIpc) is 1.56. The molecule has 0 N–H and O–H groups in total. The van der Waals surface area contributed by atoms with Crippen molar-refractivity contribution in [1.29, 1.82) is 0 Å². The fourth-order valence-corrected chi connectivity index (χ4v) is 15.5. The van der Waals surface area contributed by atoms with Gasteiger partial charge in [-0.1, -0.05) is 223 Å². The smallest absolute Gasteiger partial charge is 0.333 e. The van der Waals surface area contributed by atoms with Gasteiger partial charge in [0.15, 0.2) is 0 Å². The van der Waals surface area contributed by atoms with Crippen LogP contribution in [0.2, 0.25) is 0 Å². The molecular formula is C82H90BN3S. The SMILES string of the molecule is CC(C)(C)c1ccc(N2B3c4cc(N(c5cccc(C(C)(C)C)c5)c5cccc(C(C)(C)C)c5)ccc4N(c4ccc(C(C)(C)C)cc4-c4ccccc4)c4cc(C(C)(C)C)cc(c43)-c3ccc4c(sc5cc6c(cc54)C(C)(C)CCC6(C)C)c32)cc1. The lowest BCUT2D eigenvalue weighted by Gasteiger charge is -2.47. The fourth-order valence-electron chi connectivity index (χ4n) is 14.3. The monoisotopic (exact) mass is 1160 g/mol. The minimum absolute atomic E-state index is 0.0231. The van der Waals surface area contributed by atoms with E-state index in [0.29, 0.717) is 0 Å². The van der Waals surface area contributed by atoms with Gasteiger partial charge >= 0.3 is 6.85 Å². The molecule has 2 aliphatic heterocycles. The number of fused-ring (bicyclic) bond motifs is 9. The highest BCUT2D eigenvalue weighted by molar-refractivity contribution is 7.26. The Morgan fingerprint density at radius 2 is 0.943 bits per heavy atom. The van der Waals surface area contributed by atoms with E-state index in [2.05, 4.69) is 322 Å². The first kappa shape index (κ1) is 58.7. The van der Waals surface area contributed by atoms with Crippen LogP contribution in [0.1, 0.15) is 183 Å². The Hall–Kier alpha value is -7.34. The zero-order valence-electron chi connectivity index (χ0n) is 55.5. The van der Waals surface area contributed by atoms with E-state index in [1.165, 1.54) is 134 Å². The molecule has 0 radical (unpaired) electrons. The van der Waals surface area contributed by atoms with E-state index in [1.54, 1.807) is 0 Å². The van der Waals surface area contributed by atoms with Crippen LogP contribution < -0.4 is 25.5 Å². The second-order valence-electron chi connectivity index (χ2n) is 32.2. The molecule has 3 nitrogen and oxygen atoms in total. The number of benzene rings is 9. The maximum atomic E-state index is 2.79. The summed E-state index contributed by atoms with van der Waals surface area (Å²) in [5.74, 6) is 0. The van der Waals surface area contributed by atoms with Crippen LogP contribution in [0, 0.1) is 0 Å². The highest BCUT2D eigenvalue weighted by Gasteiger charge is 2.48. The second-order valence-corrected chi connectivity index (χ2v) is 33.3. The van der Waals surface area contributed by atoms with Gasteiger partial charge in [0, 0.05) is 60.7 Å². The molecule has 5 heteroatoms. The number of hydrogen-bond donors (Lipinski definition) is 0. The van der Waals surface area contributed by atoms with Crippen molar-refractivity contribution in [1.82, 2.24) is 0 Å². The van der Waals surface area contributed by atoms with Crippen LogP contribution in [0.5, 0.6) is 0 Å². The highest BCUT2D eigenvalue weighted by atomic mass is 32.1. The quantitative estimate of drug-likeness (QED) is 0.154. The molecule has 0 unspecified atom stereocenters. The Morgan fingerprint density at radius 1 is 0.414 bits per heavy atom. The molecule has 87 heavy (non-hydrogen) atoms. The molecule has 0 atom stereocenters. The number of rotatable bonds is 6. The summed E-state index contributed by atoms with van der Waals surface area (Å²) in [4.78, 5) is 8.00. The molecule has 13 rings (SSSR count). The predicted molar refractivity (Wildman–Crippen MR) is 382 cm³/mol. The number of nitrogens with zero attached hydrogens (tertiary/aromatic N) is 3. The van der Waals surface area contributed by atoms with Gasteiger partial charge in [-0.05, 0) is 197 Å². The molecule has 1 aliphatic carbocycles. The molecule has 0 spiro atoms. The van der Waals surface area contributed by atoms with Gasteiger partial charge in [-0.2, -0.15) is 0 Å². The van der Waals surface area contributed by atoms with Crippen LogP contribution in [-0.4, -0.2) is 6.85 Å². The summed E-state index contributed by atoms with van der Waals surface area (Å²) in [6.45, 7) is 44.8. The molecule has 0 fully saturated rings. The summed E-state index contributed by atoms with van der Waals surface area (Å²) in [6.07, 6.45) is 2.36. The molecule has 0 saturated carbocycles. The Labute approximate surface area is 525 Å². The first-order chi connectivity index (χ1) is 40.8. The predicted octanol–water partition coefficient (Wildman–Crippen LogP) is 22.7. The van der Waals surface area contributed by atoms with Crippen LogP contribution in [0.25, 0.3) is 42.4 Å². The molecule has 9 aromatic carbocycles. The van der Waals surface area contributed by atoms with Gasteiger partial charge in [-0.3, -0.25) is 0 Å². The summed E-state index contributed by atoms with van der Waals surface area (Å²) in [5.41, 5.74) is 26.4. The molecule has 0 amide bonds. The molecule has 3 aliphatic rings. The summed E-state index contributed by atoms with van der Waals surface area (Å²) in [5, 5.41) is 2.71. The van der Waals surface area contributed by atoms with E-state index in [9.17, 15) is 0 Å². The first-order valence-corrected chi connectivity index (χ1v) is 32.9. The standard InChI is InChI=1S/C82H90BN3S/c1-76(2,3)52-31-34-57(35-32-52)86-74-61(37-38-62-64-49-66-67(50-72(64)87-75(62)74)82(18,19)42-41-81(66,16)17)65-46-56(80(13,14)15)47-71-73(65)83(86)68-48-60(84(58-29-23-27-53(43-58)77(4,5)6)59-30-24-28-54(44-59)78(7,8)9)36-40-70(68)85(71)69-39-33-55(79(10,11)12)45-63(69)51-25-21-20-22-26-51/h20-40,43-50H,41-42H2,1-19H3. The summed E-state index contributed by atoms with van der Waals surface area (Å²) < 4.78 is 2.72. The molecule has 0 saturated heterocycles. The van der Waals surface area contributed by atoms with Crippen LogP contribution >= 0.6 is 11.3 Å². The van der Waals surface area contributed by atoms with Crippen molar-refractivity contribution in [3.63, 3.8) is 0 Å². The van der Waals surface area contributed by atoms with Crippen molar-refractivity contribution in [2.45, 2.75) is 182 Å². The van der Waals surface area contributed by atoms with Crippen molar-refractivity contribution in [3.05, 3.63) is 215 Å². The lowest BCUT2D eigenvalue weighted by Crippen LogP contribution is -2.61. The van der Waals surface area contributed by atoms with E-state index in [1.807, 2.05) is 11.3 Å². The van der Waals surface area contributed by atoms with E-state index < -0.39 is 0 Å². The Kier molecular flexibility index (Phi) is 13.6. The maximum Gasteiger partial charge on any atom is 0.333 e. The number of thiophene rings is 1. The van der Waals surface area contributed by atoms with Crippen molar-refractivity contribution in [2.24, 2.45) is 0 Å². The summed E-state index contributed by atoms with van der Waals surface area (Å²) >= 11 is 2.01. The Balaban J connectivity index is 1.19. The van der Waals surface area contributed by atoms with Gasteiger partial charge in [0.25, 0.3) is 0 Å². The Bertz CT molecular complexity index is 4310. The van der Waals surface area contributed by atoms with Crippen LogP contribution in [-0.2, 0) is 37.9 Å². The van der Waals surface area contributed by atoms with Gasteiger partial charge in [0.2, 0.25) is 0 Å². The third-order valence-corrected chi connectivity index (χ3v) is 21.0. The molecule has 0 bridgehead atoms. The number of hydrogen-bond acceptors (Lipinski definition) is 4. The lowest BCUT2D eigenvalue weighted by molar-refractivity contribution is 0.332. The zero-order chi connectivity index (χ0) is 61.9. The third kappa shape index (κ3) is 10.0. The van der Waals surface area contributed by atoms with Gasteiger partial charge in [-0.25, -0.2) is 0 Å². The highest BCUT2D eigenvalue weighted by Crippen LogP contribution is 2.56. The van der Waals surface area contributed by atoms with Crippen molar-refractivity contribution >= 4 is 94.8 Å². The lowest BCUT2D eigenvalue weighted by atomic mass is 9.43. The third-order valence-electron chi connectivity index (χ3n) is 19.9. The molecular weight excluding hydrogens is 1070 g/mol. The van der Waals surface area contributed by atoms with Crippen LogP contribution in [0.4, 0.5) is 45.5 Å². The largest absolute Gasteiger partial charge is 0.375 e. The first-order valence-electron chi connectivity index (χ1n) is 32.1. The summed E-state index contributed by atoms with van der Waals surface area (Å²) in [6, 6.07) is 69.5.